The second-order valence-corrected chi connectivity index (χ2v) is 6.98. The van der Waals surface area contributed by atoms with Gasteiger partial charge in [0.15, 0.2) is 0 Å². The summed E-state index contributed by atoms with van der Waals surface area (Å²) in [5, 5.41) is 3.05. The van der Waals surface area contributed by atoms with Gasteiger partial charge in [0.1, 0.15) is 11.4 Å². The summed E-state index contributed by atoms with van der Waals surface area (Å²) in [6.45, 7) is 1.96. The Morgan fingerprint density at radius 1 is 1.10 bits per heavy atom. The van der Waals surface area contributed by atoms with Crippen molar-refractivity contribution in [2.75, 3.05) is 38.0 Å². The fourth-order valence-corrected chi connectivity index (χ4v) is 3.10. The number of carbonyl (C=O) groups excluding carboxylic acids is 2. The van der Waals surface area contributed by atoms with Crippen LogP contribution in [0.15, 0.2) is 42.6 Å². The molecule has 160 valence electrons. The number of aromatic nitrogens is 1. The average Bonchev–Trinajstić information content (AvgIpc) is 2.68. The molecule has 30 heavy (non-hydrogen) atoms. The molecule has 1 aliphatic rings. The molecule has 2 amide bonds. The number of rotatable bonds is 5. The van der Waals surface area contributed by atoms with Gasteiger partial charge in [-0.2, -0.15) is 0 Å². The highest BCUT2D eigenvalue weighted by molar-refractivity contribution is 6.30. The molecule has 1 fully saturated rings. The largest absolute Gasteiger partial charge is 0.573 e. The zero-order valence-electron chi connectivity index (χ0n) is 15.7. The van der Waals surface area contributed by atoms with Gasteiger partial charge in [-0.05, 0) is 36.4 Å². The van der Waals surface area contributed by atoms with Crippen molar-refractivity contribution < 1.29 is 27.5 Å². The van der Waals surface area contributed by atoms with Crippen LogP contribution in [0.2, 0.25) is 5.02 Å². The average molecular weight is 443 g/mol. The molecule has 1 N–H and O–H groups in total. The number of amides is 2. The molecule has 1 aromatic carbocycles. The van der Waals surface area contributed by atoms with Gasteiger partial charge in [-0.1, -0.05) is 11.6 Å². The Labute approximate surface area is 175 Å². The molecule has 2 aromatic rings. The van der Waals surface area contributed by atoms with Crippen molar-refractivity contribution in [3.8, 4) is 5.75 Å². The quantitative estimate of drug-likeness (QED) is 0.770. The van der Waals surface area contributed by atoms with E-state index in [1.54, 1.807) is 11.0 Å². The first-order valence-corrected chi connectivity index (χ1v) is 9.36. The smallest absolute Gasteiger partial charge is 0.406 e. The Morgan fingerprint density at radius 2 is 1.77 bits per heavy atom. The molecule has 0 saturated carbocycles. The summed E-state index contributed by atoms with van der Waals surface area (Å²) < 4.78 is 40.3. The number of hydrogen-bond acceptors (Lipinski definition) is 5. The second-order valence-electron chi connectivity index (χ2n) is 6.55. The predicted molar refractivity (Wildman–Crippen MR) is 103 cm³/mol. The zero-order valence-corrected chi connectivity index (χ0v) is 16.4. The van der Waals surface area contributed by atoms with E-state index in [0.29, 0.717) is 36.9 Å². The number of ether oxygens (including phenoxy) is 1. The highest BCUT2D eigenvalue weighted by atomic mass is 35.5. The Balaban J connectivity index is 1.45. The molecule has 1 saturated heterocycles. The highest BCUT2D eigenvalue weighted by Gasteiger charge is 2.31. The van der Waals surface area contributed by atoms with E-state index in [-0.39, 0.29) is 29.8 Å². The summed E-state index contributed by atoms with van der Waals surface area (Å²) in [4.78, 5) is 32.2. The summed E-state index contributed by atoms with van der Waals surface area (Å²) >= 11 is 5.89. The number of benzene rings is 1. The van der Waals surface area contributed by atoms with Crippen molar-refractivity contribution in [1.29, 1.82) is 0 Å². The van der Waals surface area contributed by atoms with E-state index in [2.05, 4.69) is 15.0 Å². The van der Waals surface area contributed by atoms with E-state index in [1.165, 1.54) is 24.4 Å². The number of halogens is 4. The Hall–Kier alpha value is -2.85. The minimum atomic E-state index is -4.77. The predicted octanol–water partition coefficient (Wildman–Crippen LogP) is 3.03. The van der Waals surface area contributed by atoms with Crippen LogP contribution in [0.4, 0.5) is 18.9 Å². The summed E-state index contributed by atoms with van der Waals surface area (Å²) in [5.41, 5.74) is 0.627. The number of hydrogen-bond donors (Lipinski definition) is 1. The third-order valence-corrected chi connectivity index (χ3v) is 4.57. The van der Waals surface area contributed by atoms with E-state index < -0.39 is 6.36 Å². The lowest BCUT2D eigenvalue weighted by Crippen LogP contribution is -2.50. The van der Waals surface area contributed by atoms with Crippen LogP contribution in [0.5, 0.6) is 5.75 Å². The molecular weight excluding hydrogens is 425 g/mol. The monoisotopic (exact) mass is 442 g/mol. The lowest BCUT2D eigenvalue weighted by molar-refractivity contribution is -0.274. The molecule has 0 bridgehead atoms. The number of anilines is 1. The summed E-state index contributed by atoms with van der Waals surface area (Å²) in [6.07, 6.45) is -3.30. The molecule has 1 aromatic heterocycles. The topological polar surface area (TPSA) is 74.8 Å². The molecule has 0 unspecified atom stereocenters. The van der Waals surface area contributed by atoms with Crippen LogP contribution in [0.1, 0.15) is 10.5 Å². The van der Waals surface area contributed by atoms with E-state index in [1.807, 2.05) is 4.90 Å². The second kappa shape index (κ2) is 9.31. The Kier molecular flexibility index (Phi) is 6.78. The molecule has 0 aliphatic carbocycles. The number of pyridine rings is 1. The number of alkyl halides is 3. The SMILES string of the molecule is O=C(CN1CCN(C(=O)c2cc(Cl)ccn2)CC1)Nc1ccc(OC(F)(F)F)cc1. The number of nitrogens with zero attached hydrogens (tertiary/aromatic N) is 3. The van der Waals surface area contributed by atoms with Gasteiger partial charge < -0.3 is 15.0 Å². The molecule has 0 radical (unpaired) electrons. The van der Waals surface area contributed by atoms with Crippen molar-refractivity contribution in [3.05, 3.63) is 53.3 Å². The van der Waals surface area contributed by atoms with Gasteiger partial charge in [-0.15, -0.1) is 13.2 Å². The van der Waals surface area contributed by atoms with E-state index in [9.17, 15) is 22.8 Å². The van der Waals surface area contributed by atoms with Gasteiger partial charge in [0.25, 0.3) is 5.91 Å². The lowest BCUT2D eigenvalue weighted by atomic mass is 10.2. The van der Waals surface area contributed by atoms with Crippen LogP contribution >= 0.6 is 11.6 Å². The van der Waals surface area contributed by atoms with Crippen LogP contribution < -0.4 is 10.1 Å². The van der Waals surface area contributed by atoms with Crippen molar-refractivity contribution in [1.82, 2.24) is 14.8 Å². The molecule has 2 heterocycles. The van der Waals surface area contributed by atoms with E-state index in [0.717, 1.165) is 12.1 Å². The van der Waals surface area contributed by atoms with Gasteiger partial charge in [-0.25, -0.2) is 0 Å². The zero-order chi connectivity index (χ0) is 21.7. The number of nitrogens with one attached hydrogen (secondary N) is 1. The minimum Gasteiger partial charge on any atom is -0.406 e. The van der Waals surface area contributed by atoms with Gasteiger partial charge in [0.05, 0.1) is 6.54 Å². The van der Waals surface area contributed by atoms with Crippen molar-refractivity contribution >= 4 is 29.1 Å². The van der Waals surface area contributed by atoms with E-state index >= 15 is 0 Å². The standard InChI is InChI=1S/C19H18ClF3N4O3/c20-13-5-6-24-16(11-13)18(29)27-9-7-26(8-10-27)12-17(28)25-14-1-3-15(4-2-14)30-19(21,22)23/h1-6,11H,7-10,12H2,(H,25,28). The molecule has 11 heteroatoms. The number of carbonyl (C=O) groups is 2. The molecule has 0 spiro atoms. The molecule has 0 atom stereocenters. The molecule has 7 nitrogen and oxygen atoms in total. The van der Waals surface area contributed by atoms with Crippen molar-refractivity contribution in [2.45, 2.75) is 6.36 Å². The molecule has 1 aliphatic heterocycles. The first kappa shape index (κ1) is 21.8. The highest BCUT2D eigenvalue weighted by Crippen LogP contribution is 2.24. The maximum absolute atomic E-state index is 12.5. The fourth-order valence-electron chi connectivity index (χ4n) is 2.94. The normalized spacial score (nSPS) is 15.0. The third-order valence-electron chi connectivity index (χ3n) is 4.34. The molecular formula is C19H18ClF3N4O3. The van der Waals surface area contributed by atoms with Crippen molar-refractivity contribution in [3.63, 3.8) is 0 Å². The van der Waals surface area contributed by atoms with Crippen LogP contribution in [0.3, 0.4) is 0 Å². The minimum absolute atomic E-state index is 0.0955. The van der Waals surface area contributed by atoms with Gasteiger partial charge >= 0.3 is 6.36 Å². The Bertz CT molecular complexity index is 901. The first-order chi connectivity index (χ1) is 14.2. The number of piperazine rings is 1. The summed E-state index contributed by atoms with van der Waals surface area (Å²) in [7, 11) is 0. The van der Waals surface area contributed by atoms with Crippen LogP contribution in [0, 0.1) is 0 Å². The Morgan fingerprint density at radius 3 is 2.37 bits per heavy atom. The summed E-state index contributed by atoms with van der Waals surface area (Å²) in [6, 6.07) is 8.00. The van der Waals surface area contributed by atoms with E-state index in [4.69, 9.17) is 11.6 Å². The fraction of sp³-hybridized carbons (Fsp3) is 0.316. The van der Waals surface area contributed by atoms with Crippen LogP contribution in [0.25, 0.3) is 0 Å². The van der Waals surface area contributed by atoms with Crippen LogP contribution in [-0.2, 0) is 4.79 Å². The summed E-state index contributed by atoms with van der Waals surface area (Å²) in [5.74, 6) is -0.894. The maximum atomic E-state index is 12.5. The van der Waals surface area contributed by atoms with Gasteiger partial charge in [0, 0.05) is 43.1 Å². The first-order valence-electron chi connectivity index (χ1n) is 8.98. The van der Waals surface area contributed by atoms with Gasteiger partial charge in [0.2, 0.25) is 5.91 Å². The van der Waals surface area contributed by atoms with Gasteiger partial charge in [-0.3, -0.25) is 19.5 Å². The van der Waals surface area contributed by atoms with Crippen LogP contribution in [-0.4, -0.2) is 65.7 Å². The third kappa shape index (κ3) is 6.33. The maximum Gasteiger partial charge on any atom is 0.573 e. The van der Waals surface area contributed by atoms with Crippen molar-refractivity contribution in [2.24, 2.45) is 0 Å². The lowest BCUT2D eigenvalue weighted by Gasteiger charge is -2.34. The molecule has 3 rings (SSSR count).